The third kappa shape index (κ3) is 2.98. The van der Waals surface area contributed by atoms with Gasteiger partial charge < -0.3 is 9.53 Å². The number of carbonyl (C=O) groups is 1. The molecule has 0 aromatic heterocycles. The summed E-state index contributed by atoms with van der Waals surface area (Å²) in [5.74, 6) is -1.62. The summed E-state index contributed by atoms with van der Waals surface area (Å²) in [5, 5.41) is 0. The average molecular weight is 232 g/mol. The van der Waals surface area contributed by atoms with Gasteiger partial charge in [0.1, 0.15) is 18.0 Å². The van der Waals surface area contributed by atoms with Gasteiger partial charge in [-0.05, 0) is 18.1 Å². The molecule has 0 fully saturated rings. The van der Waals surface area contributed by atoms with Crippen LogP contribution < -0.4 is 4.74 Å². The highest BCUT2D eigenvalue weighted by atomic mass is 19.4. The minimum Gasteiger partial charge on any atom is -0.496 e. The van der Waals surface area contributed by atoms with E-state index in [4.69, 9.17) is 4.74 Å². The summed E-state index contributed by atoms with van der Waals surface area (Å²) in [4.78, 5) is 10.4. The zero-order chi connectivity index (χ0) is 12.2. The Morgan fingerprint density at radius 2 is 2.00 bits per heavy atom. The normalized spacial score (nSPS) is 13.2. The minimum absolute atomic E-state index is 0.0769. The molecule has 5 heteroatoms. The number of methoxy groups -OCH3 is 1. The van der Waals surface area contributed by atoms with Crippen LogP contribution in [-0.2, 0) is 11.2 Å². The van der Waals surface area contributed by atoms with Crippen LogP contribution >= 0.6 is 0 Å². The summed E-state index contributed by atoms with van der Waals surface area (Å²) in [6.45, 7) is 0. The van der Waals surface area contributed by atoms with Crippen molar-refractivity contribution in [3.8, 4) is 5.75 Å². The largest absolute Gasteiger partial charge is 0.496 e. The fraction of sp³-hybridized carbons (Fsp3) is 0.364. The zero-order valence-corrected chi connectivity index (χ0v) is 8.62. The number of para-hydroxylation sites is 1. The summed E-state index contributed by atoms with van der Waals surface area (Å²) < 4.78 is 42.0. The highest BCUT2D eigenvalue weighted by Crippen LogP contribution is 2.30. The third-order valence-electron chi connectivity index (χ3n) is 2.22. The quantitative estimate of drug-likeness (QED) is 0.746. The van der Waals surface area contributed by atoms with Crippen LogP contribution in [0.4, 0.5) is 13.2 Å². The smallest absolute Gasteiger partial charge is 0.398 e. The van der Waals surface area contributed by atoms with Crippen molar-refractivity contribution in [1.82, 2.24) is 0 Å². The highest BCUT2D eigenvalue weighted by Gasteiger charge is 2.39. The van der Waals surface area contributed by atoms with Crippen LogP contribution in [-0.4, -0.2) is 19.6 Å². The molecule has 0 saturated heterocycles. The summed E-state index contributed by atoms with van der Waals surface area (Å²) in [5.41, 5.74) is 0.374. The van der Waals surface area contributed by atoms with E-state index in [1.54, 1.807) is 18.2 Å². The van der Waals surface area contributed by atoms with Crippen molar-refractivity contribution < 1.29 is 22.7 Å². The van der Waals surface area contributed by atoms with E-state index in [2.05, 4.69) is 0 Å². The first-order valence-corrected chi connectivity index (χ1v) is 4.63. The van der Waals surface area contributed by atoms with Gasteiger partial charge in [0.25, 0.3) is 0 Å². The standard InChI is InChI=1S/C11H11F3O2/c1-16-10-5-3-2-4-8(10)6-9(7-15)11(12,13)14/h2-5,7,9H,6H2,1H3. The lowest BCUT2D eigenvalue weighted by Gasteiger charge is -2.15. The Kier molecular flexibility index (Phi) is 3.93. The summed E-state index contributed by atoms with van der Waals surface area (Å²) in [6.07, 6.45) is -4.98. The van der Waals surface area contributed by atoms with Crippen LogP contribution in [0.25, 0.3) is 0 Å². The monoisotopic (exact) mass is 232 g/mol. The van der Waals surface area contributed by atoms with Gasteiger partial charge in [-0.1, -0.05) is 18.2 Å². The van der Waals surface area contributed by atoms with Crippen molar-refractivity contribution in [3.63, 3.8) is 0 Å². The number of hydrogen-bond acceptors (Lipinski definition) is 2. The van der Waals surface area contributed by atoms with Gasteiger partial charge in [-0.2, -0.15) is 13.2 Å². The van der Waals surface area contributed by atoms with Gasteiger partial charge in [0.05, 0.1) is 7.11 Å². The molecule has 1 aromatic carbocycles. The third-order valence-corrected chi connectivity index (χ3v) is 2.22. The zero-order valence-electron chi connectivity index (χ0n) is 8.62. The number of ether oxygens (including phenoxy) is 1. The van der Waals surface area contributed by atoms with E-state index in [1.807, 2.05) is 0 Å². The van der Waals surface area contributed by atoms with Gasteiger partial charge in [0.15, 0.2) is 0 Å². The van der Waals surface area contributed by atoms with Gasteiger partial charge in [-0.15, -0.1) is 0 Å². The Morgan fingerprint density at radius 3 is 2.50 bits per heavy atom. The highest BCUT2D eigenvalue weighted by molar-refractivity contribution is 5.56. The molecule has 0 radical (unpaired) electrons. The Balaban J connectivity index is 2.90. The number of halogens is 3. The molecule has 0 amide bonds. The first kappa shape index (κ1) is 12.5. The molecular weight excluding hydrogens is 221 g/mol. The maximum Gasteiger partial charge on any atom is 0.398 e. The van der Waals surface area contributed by atoms with Crippen LogP contribution in [0.2, 0.25) is 0 Å². The van der Waals surface area contributed by atoms with Crippen LogP contribution in [0.15, 0.2) is 24.3 Å². The van der Waals surface area contributed by atoms with E-state index in [0.29, 0.717) is 11.3 Å². The second-order valence-corrected chi connectivity index (χ2v) is 3.30. The van der Waals surface area contributed by atoms with Gasteiger partial charge in [0, 0.05) is 0 Å². The van der Waals surface area contributed by atoms with Gasteiger partial charge in [-0.3, -0.25) is 0 Å². The second-order valence-electron chi connectivity index (χ2n) is 3.30. The molecule has 0 bridgehead atoms. The van der Waals surface area contributed by atoms with Crippen molar-refractivity contribution >= 4 is 6.29 Å². The lowest BCUT2D eigenvalue weighted by atomic mass is 9.99. The molecule has 0 aliphatic heterocycles. The van der Waals surface area contributed by atoms with Crippen LogP contribution in [0.5, 0.6) is 5.75 Å². The maximum absolute atomic E-state index is 12.4. The van der Waals surface area contributed by atoms with E-state index in [9.17, 15) is 18.0 Å². The topological polar surface area (TPSA) is 26.3 Å². The van der Waals surface area contributed by atoms with E-state index in [0.717, 1.165) is 0 Å². The molecule has 16 heavy (non-hydrogen) atoms. The van der Waals surface area contributed by atoms with Crippen LogP contribution in [0, 0.1) is 5.92 Å². The van der Waals surface area contributed by atoms with Crippen molar-refractivity contribution in [2.75, 3.05) is 7.11 Å². The number of rotatable bonds is 4. The molecule has 0 N–H and O–H groups in total. The Bertz CT molecular complexity index is 360. The minimum atomic E-state index is -4.51. The lowest BCUT2D eigenvalue weighted by molar-refractivity contribution is -0.174. The van der Waals surface area contributed by atoms with Gasteiger partial charge >= 0.3 is 6.18 Å². The first-order valence-electron chi connectivity index (χ1n) is 4.63. The van der Waals surface area contributed by atoms with Crippen LogP contribution in [0.1, 0.15) is 5.56 Å². The predicted octanol–water partition coefficient (Wildman–Crippen LogP) is 2.62. The first-order chi connectivity index (χ1) is 7.49. The van der Waals surface area contributed by atoms with E-state index in [-0.39, 0.29) is 6.29 Å². The van der Waals surface area contributed by atoms with E-state index in [1.165, 1.54) is 13.2 Å². The molecule has 0 spiro atoms. The van der Waals surface area contributed by atoms with Gasteiger partial charge in [-0.25, -0.2) is 0 Å². The number of alkyl halides is 3. The fourth-order valence-electron chi connectivity index (χ4n) is 1.35. The molecule has 1 aromatic rings. The molecule has 1 rings (SSSR count). The maximum atomic E-state index is 12.4. The fourth-order valence-corrected chi connectivity index (χ4v) is 1.35. The molecular formula is C11H11F3O2. The van der Waals surface area contributed by atoms with Crippen molar-refractivity contribution in [1.29, 1.82) is 0 Å². The van der Waals surface area contributed by atoms with E-state index >= 15 is 0 Å². The molecule has 0 aliphatic rings. The Hall–Kier alpha value is -1.52. The summed E-state index contributed by atoms with van der Waals surface area (Å²) in [6, 6.07) is 6.34. The van der Waals surface area contributed by atoms with Crippen molar-refractivity contribution in [2.45, 2.75) is 12.6 Å². The molecule has 2 nitrogen and oxygen atoms in total. The molecule has 1 unspecified atom stereocenters. The second kappa shape index (κ2) is 5.01. The Morgan fingerprint density at radius 1 is 1.38 bits per heavy atom. The SMILES string of the molecule is COc1ccccc1CC(C=O)C(F)(F)F. The molecule has 88 valence electrons. The Labute approximate surface area is 91.0 Å². The lowest BCUT2D eigenvalue weighted by Crippen LogP contribution is -2.26. The molecule has 1 atom stereocenters. The van der Waals surface area contributed by atoms with Gasteiger partial charge in [0.2, 0.25) is 0 Å². The average Bonchev–Trinajstić information content (AvgIpc) is 2.24. The van der Waals surface area contributed by atoms with Crippen LogP contribution in [0.3, 0.4) is 0 Å². The predicted molar refractivity (Wildman–Crippen MR) is 52.3 cm³/mol. The number of benzene rings is 1. The van der Waals surface area contributed by atoms with Crippen molar-refractivity contribution in [3.05, 3.63) is 29.8 Å². The molecule has 0 aliphatic carbocycles. The number of hydrogen-bond donors (Lipinski definition) is 0. The number of aldehydes is 1. The molecule has 0 heterocycles. The molecule has 0 saturated carbocycles. The summed E-state index contributed by atoms with van der Waals surface area (Å²) in [7, 11) is 1.38. The summed E-state index contributed by atoms with van der Waals surface area (Å²) >= 11 is 0. The van der Waals surface area contributed by atoms with Crippen molar-refractivity contribution in [2.24, 2.45) is 5.92 Å². The van der Waals surface area contributed by atoms with E-state index < -0.39 is 18.5 Å². The number of carbonyl (C=O) groups excluding carboxylic acids is 1.